The lowest BCUT2D eigenvalue weighted by Gasteiger charge is -2.12. The minimum Gasteiger partial charge on any atom is -0.383 e. The average molecular weight is 621 g/mol. The second kappa shape index (κ2) is 10.3. The first-order valence-corrected chi connectivity index (χ1v) is 14.8. The molecule has 1 aliphatic carbocycles. The van der Waals surface area contributed by atoms with Crippen LogP contribution < -0.4 is 10.5 Å². The number of allylic oxidation sites excluding steroid dienone is 1. The maximum absolute atomic E-state index is 15.4. The number of nitrogens with two attached hydrogens (primary N) is 1. The van der Waals surface area contributed by atoms with Crippen LogP contribution in [0.1, 0.15) is 43.7 Å². The smallest absolute Gasteiger partial charge is 0.383 e. The van der Waals surface area contributed by atoms with Crippen LogP contribution in [0.4, 0.5) is 34.9 Å². The highest BCUT2D eigenvalue weighted by atomic mass is 35.5. The normalized spacial score (nSPS) is 16.2. The summed E-state index contributed by atoms with van der Waals surface area (Å²) in [5.74, 6) is -0.821. The Balaban J connectivity index is 1.30. The van der Waals surface area contributed by atoms with Crippen molar-refractivity contribution in [2.24, 2.45) is 0 Å². The van der Waals surface area contributed by atoms with Crippen LogP contribution in [0, 0.1) is 5.82 Å². The van der Waals surface area contributed by atoms with Crippen molar-refractivity contribution in [2.75, 3.05) is 10.5 Å². The maximum atomic E-state index is 15.4. The second-order valence-corrected chi connectivity index (χ2v) is 12.0. The Morgan fingerprint density at radius 3 is 2.57 bits per heavy atom. The van der Waals surface area contributed by atoms with Crippen molar-refractivity contribution in [3.63, 3.8) is 0 Å². The molecule has 4 heterocycles. The lowest BCUT2D eigenvalue weighted by atomic mass is 10.1. The van der Waals surface area contributed by atoms with Crippen LogP contribution in [0.3, 0.4) is 0 Å². The molecule has 218 valence electrons. The molecule has 0 bridgehead atoms. The van der Waals surface area contributed by atoms with E-state index in [9.17, 15) is 21.6 Å². The van der Waals surface area contributed by atoms with Gasteiger partial charge in [-0.1, -0.05) is 30.5 Å². The van der Waals surface area contributed by atoms with Crippen molar-refractivity contribution in [1.29, 1.82) is 0 Å². The van der Waals surface area contributed by atoms with Gasteiger partial charge in [0.05, 0.1) is 17.3 Å². The van der Waals surface area contributed by atoms with E-state index in [0.717, 1.165) is 30.3 Å². The van der Waals surface area contributed by atoms with Crippen molar-refractivity contribution in [1.82, 2.24) is 19.5 Å². The van der Waals surface area contributed by atoms with Crippen LogP contribution in [-0.4, -0.2) is 38.7 Å². The van der Waals surface area contributed by atoms with E-state index in [-0.39, 0.29) is 34.8 Å². The number of rotatable bonds is 6. The van der Waals surface area contributed by atoms with Crippen LogP contribution in [0.25, 0.3) is 22.2 Å². The van der Waals surface area contributed by atoms with Crippen molar-refractivity contribution in [2.45, 2.75) is 44.3 Å². The summed E-state index contributed by atoms with van der Waals surface area (Å²) in [6, 6.07) is 4.93. The number of nitrogen functional groups attached to an aromatic ring is 1. The molecule has 0 amide bonds. The van der Waals surface area contributed by atoms with Crippen LogP contribution in [0.15, 0.2) is 54.1 Å². The molecule has 0 radical (unpaired) electrons. The molecule has 15 heteroatoms. The summed E-state index contributed by atoms with van der Waals surface area (Å²) in [7, 11) is -4.41. The molecule has 2 aliphatic rings. The first kappa shape index (κ1) is 28.1. The summed E-state index contributed by atoms with van der Waals surface area (Å²) < 4.78 is 86.5. The van der Waals surface area contributed by atoms with Gasteiger partial charge >= 0.3 is 12.0 Å². The lowest BCUT2D eigenvalue weighted by molar-refractivity contribution is -0.365. The van der Waals surface area contributed by atoms with E-state index in [0.29, 0.717) is 34.4 Å². The number of halogens is 5. The standard InChI is InChI=1S/C27H23ClF4N7O2S/c28-19-11-16(27(30,31)32)12-34-25(19)38-9-3-6-22(38)42(40,41)37-21-8-7-15(10-20(21)29)18-13-39(17-4-1-2-5-17)26-23(18)24(33)35-14-36-26/h6-14,17,37H,1-5H2,(H2,33,35,36)/q+1. The van der Waals surface area contributed by atoms with Gasteiger partial charge in [0.1, 0.15) is 34.2 Å². The van der Waals surface area contributed by atoms with E-state index >= 15 is 4.39 Å². The summed E-state index contributed by atoms with van der Waals surface area (Å²) >= 11 is 6.04. The molecule has 1 saturated carbocycles. The van der Waals surface area contributed by atoms with E-state index in [1.54, 1.807) is 6.07 Å². The van der Waals surface area contributed by atoms with Crippen molar-refractivity contribution < 1.29 is 30.6 Å². The number of pyridine rings is 1. The summed E-state index contributed by atoms with van der Waals surface area (Å²) in [6.45, 7) is 0. The van der Waals surface area contributed by atoms with Gasteiger partial charge in [-0.3, -0.25) is 4.72 Å². The summed E-state index contributed by atoms with van der Waals surface area (Å²) in [6.07, 6.45) is 6.14. The number of fused-ring (bicyclic) bond motifs is 1. The summed E-state index contributed by atoms with van der Waals surface area (Å²) in [4.78, 5) is 12.3. The van der Waals surface area contributed by atoms with E-state index in [4.69, 9.17) is 17.3 Å². The molecule has 42 heavy (non-hydrogen) atoms. The number of anilines is 2. The fourth-order valence-electron chi connectivity index (χ4n) is 5.39. The Morgan fingerprint density at radius 1 is 1.12 bits per heavy atom. The molecule has 0 atom stereocenters. The molecule has 1 aromatic carbocycles. The SMILES string of the molecule is Nc1ncnc2c1c(-c1ccc(NS(=O)(=O)C3=CCC=[N+]3c3ncc(C(F)(F)F)cc3Cl)c(F)c1)cn2C1CCCC1. The van der Waals surface area contributed by atoms with E-state index in [1.807, 2.05) is 10.8 Å². The molecule has 4 aromatic rings. The van der Waals surface area contributed by atoms with Gasteiger partial charge < -0.3 is 10.3 Å². The minimum atomic E-state index is -4.68. The van der Waals surface area contributed by atoms with Crippen molar-refractivity contribution in [3.05, 3.63) is 70.5 Å². The fourth-order valence-corrected chi connectivity index (χ4v) is 6.94. The van der Waals surface area contributed by atoms with Gasteiger partial charge in [-0.2, -0.15) is 26.2 Å². The Kier molecular flexibility index (Phi) is 6.92. The maximum Gasteiger partial charge on any atom is 0.420 e. The highest BCUT2D eigenvalue weighted by Crippen LogP contribution is 2.40. The lowest BCUT2D eigenvalue weighted by Crippen LogP contribution is -2.21. The second-order valence-electron chi connectivity index (χ2n) is 10.0. The number of nitrogens with one attached hydrogen (secondary N) is 1. The van der Waals surface area contributed by atoms with Gasteiger partial charge in [-0.15, -0.1) is 0 Å². The van der Waals surface area contributed by atoms with Crippen LogP contribution in [0.5, 0.6) is 0 Å². The van der Waals surface area contributed by atoms with Gasteiger partial charge in [0.25, 0.3) is 10.0 Å². The van der Waals surface area contributed by atoms with E-state index in [1.165, 1.54) is 30.8 Å². The molecule has 3 aromatic heterocycles. The molecule has 3 N–H and O–H groups in total. The average Bonchev–Trinajstić information content (AvgIpc) is 3.69. The zero-order valence-electron chi connectivity index (χ0n) is 21.7. The predicted octanol–water partition coefficient (Wildman–Crippen LogP) is 6.40. The van der Waals surface area contributed by atoms with Gasteiger partial charge in [-0.05, 0) is 47.7 Å². The third kappa shape index (κ3) is 4.98. The summed E-state index contributed by atoms with van der Waals surface area (Å²) in [5.41, 5.74) is 6.50. The van der Waals surface area contributed by atoms with E-state index < -0.39 is 32.6 Å². The first-order valence-electron chi connectivity index (χ1n) is 12.9. The first-order chi connectivity index (χ1) is 19.9. The van der Waals surface area contributed by atoms with Crippen LogP contribution in [-0.2, 0) is 16.2 Å². The molecule has 0 unspecified atom stereocenters. The topological polar surface area (TPSA) is 119 Å². The Labute approximate surface area is 242 Å². The molecule has 0 spiro atoms. The number of alkyl halides is 3. The van der Waals surface area contributed by atoms with E-state index in [2.05, 4.69) is 19.7 Å². The number of nitrogens with zero attached hydrogens (tertiary/aromatic N) is 5. The number of aromatic nitrogens is 4. The Hall–Kier alpha value is -4.04. The molecular weight excluding hydrogens is 598 g/mol. The summed E-state index contributed by atoms with van der Waals surface area (Å²) in [5, 5.41) is -0.176. The van der Waals surface area contributed by atoms with Crippen molar-refractivity contribution in [3.8, 4) is 11.1 Å². The van der Waals surface area contributed by atoms with Crippen molar-refractivity contribution >= 4 is 56.2 Å². The zero-order chi connectivity index (χ0) is 29.8. The molecule has 9 nitrogen and oxygen atoms in total. The Bertz CT molecular complexity index is 1900. The monoisotopic (exact) mass is 620 g/mol. The number of sulfonamides is 1. The predicted molar refractivity (Wildman–Crippen MR) is 150 cm³/mol. The van der Waals surface area contributed by atoms with Gasteiger partial charge in [-0.25, -0.2) is 14.4 Å². The van der Waals surface area contributed by atoms with Gasteiger partial charge in [0.2, 0.25) is 5.03 Å². The third-order valence-electron chi connectivity index (χ3n) is 7.35. The number of benzene rings is 1. The largest absolute Gasteiger partial charge is 0.420 e. The van der Waals surface area contributed by atoms with Gasteiger partial charge in [0.15, 0.2) is 6.20 Å². The Morgan fingerprint density at radius 2 is 1.88 bits per heavy atom. The molecule has 1 fully saturated rings. The van der Waals surface area contributed by atoms with Gasteiger partial charge in [0, 0.05) is 24.2 Å². The number of hydrogen-bond donors (Lipinski definition) is 2. The molecule has 1 aliphatic heterocycles. The zero-order valence-corrected chi connectivity index (χ0v) is 23.3. The third-order valence-corrected chi connectivity index (χ3v) is 9.03. The van der Waals surface area contributed by atoms with Crippen LogP contribution in [0.2, 0.25) is 5.02 Å². The highest BCUT2D eigenvalue weighted by molar-refractivity contribution is 7.96. The van der Waals surface area contributed by atoms with Crippen LogP contribution >= 0.6 is 11.6 Å². The number of hydrogen-bond acceptors (Lipinski definition) is 6. The highest BCUT2D eigenvalue weighted by Gasteiger charge is 2.37. The fraction of sp³-hybridized carbons (Fsp3) is 0.259. The molecular formula is C27H23ClF4N7O2S+. The minimum absolute atomic E-state index is 0.130. The quantitative estimate of drug-likeness (QED) is 0.190. The molecule has 6 rings (SSSR count). The molecule has 0 saturated heterocycles.